The summed E-state index contributed by atoms with van der Waals surface area (Å²) in [7, 11) is 0. The van der Waals surface area contributed by atoms with E-state index in [-0.39, 0.29) is 24.7 Å². The average molecular weight is 621 g/mol. The summed E-state index contributed by atoms with van der Waals surface area (Å²) >= 11 is 1.84. The molecular weight excluding hydrogens is 574 g/mol. The summed E-state index contributed by atoms with van der Waals surface area (Å²) in [6.07, 6.45) is 7.86. The lowest BCUT2D eigenvalue weighted by molar-refractivity contribution is -0.671. The molecule has 0 saturated heterocycles. The third-order valence-corrected chi connectivity index (χ3v) is 8.40. The van der Waals surface area contributed by atoms with E-state index in [2.05, 4.69) is 93.9 Å². The number of anilines is 1. The van der Waals surface area contributed by atoms with E-state index in [1.807, 2.05) is 11.8 Å². The molecule has 1 aliphatic heterocycles. The number of thioether (sulfide) groups is 1. The first-order valence-corrected chi connectivity index (χ1v) is 16.5. The van der Waals surface area contributed by atoms with E-state index in [1.165, 1.54) is 26.6 Å². The largest absolute Gasteiger partial charge is 0.378 e. The highest BCUT2D eigenvalue weighted by Crippen LogP contribution is 2.46. The van der Waals surface area contributed by atoms with Crippen LogP contribution in [0.1, 0.15) is 44.6 Å². The standard InChI is InChI=1S/C34H45N5O4S/c1-2-3-20-39-30-11-6-7-12-31(30)44-34(39)26-27-15-21-38(29-10-5-4-9-28(27)29)19-8-17-36-32(40)13-14-33(41)37-18-23-43-25-24-42-22-16-35/h4-7,9-12,15,21,26H,2-3,8,13-14,16-20,22-25,35H2,1H3,(H-,36,37,40,41)/p+1. The molecule has 2 amide bonds. The van der Waals surface area contributed by atoms with Crippen molar-refractivity contribution in [2.24, 2.45) is 5.73 Å². The Morgan fingerprint density at radius 1 is 0.909 bits per heavy atom. The van der Waals surface area contributed by atoms with Gasteiger partial charge in [-0.3, -0.25) is 9.59 Å². The number of aromatic nitrogens is 1. The van der Waals surface area contributed by atoms with Crippen LogP contribution in [0, 0.1) is 0 Å². The van der Waals surface area contributed by atoms with Gasteiger partial charge in [0.05, 0.1) is 42.5 Å². The highest BCUT2D eigenvalue weighted by Gasteiger charge is 2.25. The van der Waals surface area contributed by atoms with Crippen molar-refractivity contribution in [2.75, 3.05) is 57.5 Å². The monoisotopic (exact) mass is 620 g/mol. The number of nitrogens with two attached hydrogens (primary N) is 1. The first-order valence-electron chi connectivity index (χ1n) is 15.7. The van der Waals surface area contributed by atoms with Crippen LogP contribution in [0.25, 0.3) is 17.0 Å². The summed E-state index contributed by atoms with van der Waals surface area (Å²) in [5, 5.41) is 8.19. The quantitative estimate of drug-likeness (QED) is 0.136. The Balaban J connectivity index is 1.23. The van der Waals surface area contributed by atoms with E-state index in [9.17, 15) is 9.59 Å². The third kappa shape index (κ3) is 10.1. The summed E-state index contributed by atoms with van der Waals surface area (Å²) in [6, 6.07) is 19.3. The van der Waals surface area contributed by atoms with Crippen LogP contribution in [0.3, 0.4) is 0 Å². The highest BCUT2D eigenvalue weighted by molar-refractivity contribution is 8.03. The van der Waals surface area contributed by atoms with Crippen molar-refractivity contribution in [2.45, 2.75) is 50.5 Å². The number of nitrogens with zero attached hydrogens (tertiary/aromatic N) is 2. The molecule has 2 aromatic carbocycles. The van der Waals surface area contributed by atoms with Gasteiger partial charge < -0.3 is 30.7 Å². The van der Waals surface area contributed by atoms with Crippen molar-refractivity contribution in [1.82, 2.24) is 10.6 Å². The summed E-state index contributed by atoms with van der Waals surface area (Å²) in [6.45, 7) is 7.31. The number of hydrogen-bond donors (Lipinski definition) is 3. The van der Waals surface area contributed by atoms with E-state index in [0.717, 1.165) is 37.9 Å². The lowest BCUT2D eigenvalue weighted by atomic mass is 10.1. The van der Waals surface area contributed by atoms with Crippen LogP contribution >= 0.6 is 11.8 Å². The lowest BCUT2D eigenvalue weighted by Gasteiger charge is -2.20. The molecule has 0 aliphatic carbocycles. The topological polar surface area (TPSA) is 110 Å². The summed E-state index contributed by atoms with van der Waals surface area (Å²) < 4.78 is 12.8. The Bertz CT molecular complexity index is 1400. The minimum absolute atomic E-state index is 0.118. The fourth-order valence-electron chi connectivity index (χ4n) is 5.02. The molecule has 3 aromatic rings. The molecule has 0 fully saturated rings. The Labute approximate surface area is 265 Å². The number of carbonyl (C=O) groups excluding carboxylic acids is 2. The number of ether oxygens (including phenoxy) is 2. The number of aryl methyl sites for hydroxylation is 1. The van der Waals surface area contributed by atoms with E-state index in [4.69, 9.17) is 15.2 Å². The molecule has 2 heterocycles. The second-order valence-electron chi connectivity index (χ2n) is 10.6. The number of para-hydroxylation sites is 2. The van der Waals surface area contributed by atoms with E-state index in [0.29, 0.717) is 46.1 Å². The molecule has 0 unspecified atom stereocenters. The van der Waals surface area contributed by atoms with Crippen molar-refractivity contribution in [1.29, 1.82) is 0 Å². The van der Waals surface area contributed by atoms with E-state index >= 15 is 0 Å². The molecule has 1 aromatic heterocycles. The Hall–Kier alpha value is -3.44. The Kier molecular flexibility index (Phi) is 14.0. The first kappa shape index (κ1) is 33.5. The van der Waals surface area contributed by atoms with Gasteiger partial charge in [-0.1, -0.05) is 49.4 Å². The number of nitrogens with one attached hydrogen (secondary N) is 2. The highest BCUT2D eigenvalue weighted by atomic mass is 32.2. The zero-order valence-corrected chi connectivity index (χ0v) is 26.6. The number of unbranched alkanes of at least 4 members (excludes halogenated alkanes) is 1. The predicted molar refractivity (Wildman–Crippen MR) is 177 cm³/mol. The van der Waals surface area contributed by atoms with Crippen LogP contribution < -0.4 is 25.8 Å². The van der Waals surface area contributed by atoms with Crippen LogP contribution in [0.2, 0.25) is 0 Å². The normalized spacial score (nSPS) is 13.4. The average Bonchev–Trinajstić information content (AvgIpc) is 3.39. The van der Waals surface area contributed by atoms with Crippen LogP contribution in [0.5, 0.6) is 0 Å². The maximum absolute atomic E-state index is 12.3. The number of fused-ring (bicyclic) bond motifs is 2. The molecule has 44 heavy (non-hydrogen) atoms. The van der Waals surface area contributed by atoms with Gasteiger partial charge in [0.25, 0.3) is 0 Å². The van der Waals surface area contributed by atoms with Crippen LogP contribution in [-0.4, -0.2) is 64.4 Å². The van der Waals surface area contributed by atoms with Gasteiger partial charge in [-0.05, 0) is 36.3 Å². The maximum Gasteiger partial charge on any atom is 0.220 e. The smallest absolute Gasteiger partial charge is 0.220 e. The third-order valence-electron chi connectivity index (χ3n) is 7.29. The van der Waals surface area contributed by atoms with Gasteiger partial charge in [-0.15, -0.1) is 0 Å². The van der Waals surface area contributed by atoms with E-state index in [1.54, 1.807) is 0 Å². The van der Waals surface area contributed by atoms with Gasteiger partial charge >= 0.3 is 0 Å². The molecule has 236 valence electrons. The molecule has 10 heteroatoms. The summed E-state index contributed by atoms with van der Waals surface area (Å²) in [4.78, 5) is 28.1. The summed E-state index contributed by atoms with van der Waals surface area (Å²) in [5.41, 5.74) is 9.01. The van der Waals surface area contributed by atoms with Crippen molar-refractivity contribution in [3.05, 3.63) is 71.4 Å². The number of rotatable bonds is 19. The second-order valence-corrected chi connectivity index (χ2v) is 11.7. The molecule has 4 N–H and O–H groups in total. The van der Waals surface area contributed by atoms with Crippen LogP contribution in [0.4, 0.5) is 5.69 Å². The van der Waals surface area contributed by atoms with Gasteiger partial charge in [0.2, 0.25) is 17.3 Å². The van der Waals surface area contributed by atoms with E-state index < -0.39 is 0 Å². The van der Waals surface area contributed by atoms with Gasteiger partial charge in [0.1, 0.15) is 0 Å². The lowest BCUT2D eigenvalue weighted by Crippen LogP contribution is -2.37. The minimum Gasteiger partial charge on any atom is -0.378 e. The Morgan fingerprint density at radius 3 is 2.43 bits per heavy atom. The molecule has 9 nitrogen and oxygen atoms in total. The SMILES string of the molecule is CCCCN1/C(=C/c2cc[n+](CCCNC(=O)CCC(=O)NCCOCCOCCN)c3ccccc23)Sc2ccccc21. The predicted octanol–water partition coefficient (Wildman–Crippen LogP) is 4.23. The molecule has 0 atom stereocenters. The number of benzene rings is 2. The summed E-state index contributed by atoms with van der Waals surface area (Å²) in [5.74, 6) is -0.276. The van der Waals surface area contributed by atoms with Crippen molar-refractivity contribution in [3.63, 3.8) is 0 Å². The van der Waals surface area contributed by atoms with Crippen molar-refractivity contribution >= 4 is 46.2 Å². The number of hydrogen-bond acceptors (Lipinski definition) is 7. The van der Waals surface area contributed by atoms with Crippen molar-refractivity contribution < 1.29 is 23.6 Å². The minimum atomic E-state index is -0.159. The molecular formula is C34H46N5O4S+. The van der Waals surface area contributed by atoms with Gasteiger partial charge in [-0.2, -0.15) is 4.57 Å². The fraction of sp³-hybridized carbons (Fsp3) is 0.441. The number of carbonyl (C=O) groups is 2. The van der Waals surface area contributed by atoms with Gasteiger partial charge in [-0.25, -0.2) is 0 Å². The molecule has 1 aliphatic rings. The fourth-order valence-corrected chi connectivity index (χ4v) is 6.16. The molecule has 0 spiro atoms. The maximum atomic E-state index is 12.3. The van der Waals surface area contributed by atoms with Crippen molar-refractivity contribution in [3.8, 4) is 0 Å². The van der Waals surface area contributed by atoms with Crippen LogP contribution in [-0.2, 0) is 25.6 Å². The zero-order valence-electron chi connectivity index (χ0n) is 25.8. The van der Waals surface area contributed by atoms with Gasteiger partial charge in [0.15, 0.2) is 12.7 Å². The molecule has 0 radical (unpaired) electrons. The first-order chi connectivity index (χ1) is 21.6. The second kappa shape index (κ2) is 18.4. The number of pyridine rings is 1. The van der Waals surface area contributed by atoms with Gasteiger partial charge in [0, 0.05) is 62.5 Å². The number of amides is 2. The molecule has 4 rings (SSSR count). The molecule has 0 saturated carbocycles. The zero-order chi connectivity index (χ0) is 31.0. The molecule has 0 bridgehead atoms. The van der Waals surface area contributed by atoms with Crippen LogP contribution in [0.15, 0.2) is 70.7 Å². The Morgan fingerprint density at radius 2 is 1.64 bits per heavy atom.